The van der Waals surface area contributed by atoms with Gasteiger partial charge in [-0.15, -0.1) is 0 Å². The number of hydrogen-bond donors (Lipinski definition) is 0. The largest absolute Gasteiger partial charge is 0.381 e. The first-order valence-electron chi connectivity index (χ1n) is 9.18. The van der Waals surface area contributed by atoms with Crippen LogP contribution < -0.4 is 0 Å². The summed E-state index contributed by atoms with van der Waals surface area (Å²) in [5.41, 5.74) is 2.79. The summed E-state index contributed by atoms with van der Waals surface area (Å²) >= 11 is 7.57. The van der Waals surface area contributed by atoms with Gasteiger partial charge in [-0.3, -0.25) is 0 Å². The molecule has 0 amide bonds. The van der Waals surface area contributed by atoms with Crippen LogP contribution in [0.15, 0.2) is 60.7 Å². The van der Waals surface area contributed by atoms with E-state index in [2.05, 4.69) is 92.5 Å². The molecule has 2 aromatic rings. The van der Waals surface area contributed by atoms with E-state index in [9.17, 15) is 0 Å². The van der Waals surface area contributed by atoms with Crippen LogP contribution in [-0.4, -0.2) is 22.9 Å². The standard InChI is InChI=1S/C22H28Br2O/c23-21(17-19-9-3-1-4-10-19)13-7-15-25-16-8-14-22(24)18-20-11-5-2-6-12-20/h1-6,9-12,21-22H,7-8,13-18H2. The summed E-state index contributed by atoms with van der Waals surface area (Å²) in [5.74, 6) is 0. The van der Waals surface area contributed by atoms with Gasteiger partial charge in [0, 0.05) is 22.9 Å². The summed E-state index contributed by atoms with van der Waals surface area (Å²) in [5, 5.41) is 0. The summed E-state index contributed by atoms with van der Waals surface area (Å²) in [6.45, 7) is 1.73. The highest BCUT2D eigenvalue weighted by molar-refractivity contribution is 9.09. The van der Waals surface area contributed by atoms with Crippen molar-refractivity contribution in [2.75, 3.05) is 13.2 Å². The van der Waals surface area contributed by atoms with Gasteiger partial charge in [0.25, 0.3) is 0 Å². The number of benzene rings is 2. The molecular weight excluding hydrogens is 440 g/mol. The van der Waals surface area contributed by atoms with Gasteiger partial charge in [0.2, 0.25) is 0 Å². The molecule has 2 atom stereocenters. The molecule has 0 aliphatic rings. The zero-order valence-electron chi connectivity index (χ0n) is 14.7. The highest BCUT2D eigenvalue weighted by Gasteiger charge is 2.06. The predicted molar refractivity (Wildman–Crippen MR) is 115 cm³/mol. The molecule has 0 aliphatic carbocycles. The molecule has 0 aliphatic heterocycles. The van der Waals surface area contributed by atoms with Crippen LogP contribution in [0.25, 0.3) is 0 Å². The molecule has 0 aromatic heterocycles. The Labute approximate surface area is 169 Å². The van der Waals surface area contributed by atoms with Crippen LogP contribution in [0, 0.1) is 0 Å². The van der Waals surface area contributed by atoms with Gasteiger partial charge in [-0.05, 0) is 49.7 Å². The van der Waals surface area contributed by atoms with Crippen molar-refractivity contribution < 1.29 is 4.74 Å². The van der Waals surface area contributed by atoms with Gasteiger partial charge < -0.3 is 4.74 Å². The van der Waals surface area contributed by atoms with Crippen molar-refractivity contribution in [1.29, 1.82) is 0 Å². The molecule has 1 nitrogen and oxygen atoms in total. The molecule has 0 N–H and O–H groups in total. The zero-order valence-corrected chi connectivity index (χ0v) is 17.9. The number of alkyl halides is 2. The monoisotopic (exact) mass is 466 g/mol. The summed E-state index contributed by atoms with van der Waals surface area (Å²) in [4.78, 5) is 1.08. The molecule has 0 heterocycles. The zero-order chi connectivity index (χ0) is 17.7. The molecule has 3 heteroatoms. The Kier molecular flexibility index (Phi) is 10.5. The number of hydrogen-bond acceptors (Lipinski definition) is 1. The molecule has 25 heavy (non-hydrogen) atoms. The van der Waals surface area contributed by atoms with Crippen LogP contribution >= 0.6 is 31.9 Å². The first-order chi connectivity index (χ1) is 12.2. The van der Waals surface area contributed by atoms with Crippen molar-refractivity contribution in [2.45, 2.75) is 48.2 Å². The second kappa shape index (κ2) is 12.7. The van der Waals surface area contributed by atoms with Gasteiger partial charge in [0.05, 0.1) is 0 Å². The smallest absolute Gasteiger partial charge is 0.0466 e. The van der Waals surface area contributed by atoms with Crippen molar-refractivity contribution >= 4 is 31.9 Å². The average Bonchev–Trinajstić information content (AvgIpc) is 2.62. The lowest BCUT2D eigenvalue weighted by Gasteiger charge is -2.11. The quantitative estimate of drug-likeness (QED) is 0.253. The van der Waals surface area contributed by atoms with E-state index in [-0.39, 0.29) is 0 Å². The lowest BCUT2D eigenvalue weighted by molar-refractivity contribution is 0.126. The Morgan fingerprint density at radius 2 is 1.04 bits per heavy atom. The summed E-state index contributed by atoms with van der Waals surface area (Å²) in [6.07, 6.45) is 6.72. The minimum Gasteiger partial charge on any atom is -0.381 e. The van der Waals surface area contributed by atoms with E-state index in [0.29, 0.717) is 9.65 Å². The first kappa shape index (κ1) is 20.7. The van der Waals surface area contributed by atoms with Crippen molar-refractivity contribution in [2.24, 2.45) is 0 Å². The Bertz CT molecular complexity index is 507. The second-order valence-electron chi connectivity index (χ2n) is 6.47. The van der Waals surface area contributed by atoms with E-state index < -0.39 is 0 Å². The molecule has 0 spiro atoms. The summed E-state index contributed by atoms with van der Waals surface area (Å²) in [6, 6.07) is 21.3. The average molecular weight is 468 g/mol. The summed E-state index contributed by atoms with van der Waals surface area (Å²) in [7, 11) is 0. The van der Waals surface area contributed by atoms with Crippen LogP contribution in [0.3, 0.4) is 0 Å². The van der Waals surface area contributed by atoms with Crippen LogP contribution in [0.5, 0.6) is 0 Å². The van der Waals surface area contributed by atoms with Gasteiger partial charge in [-0.2, -0.15) is 0 Å². The maximum Gasteiger partial charge on any atom is 0.0466 e. The molecule has 0 saturated heterocycles. The van der Waals surface area contributed by atoms with E-state index in [1.54, 1.807) is 0 Å². The maximum atomic E-state index is 5.79. The fourth-order valence-electron chi connectivity index (χ4n) is 2.86. The van der Waals surface area contributed by atoms with Crippen LogP contribution in [0.4, 0.5) is 0 Å². The fourth-order valence-corrected chi connectivity index (χ4v) is 4.25. The van der Waals surface area contributed by atoms with Crippen molar-refractivity contribution in [1.82, 2.24) is 0 Å². The third-order valence-corrected chi connectivity index (χ3v) is 5.78. The third-order valence-electron chi connectivity index (χ3n) is 4.21. The van der Waals surface area contributed by atoms with Gasteiger partial charge in [-0.1, -0.05) is 92.5 Å². The first-order valence-corrected chi connectivity index (χ1v) is 11.0. The number of halogens is 2. The normalized spacial score (nSPS) is 13.5. The lowest BCUT2D eigenvalue weighted by atomic mass is 10.1. The Morgan fingerprint density at radius 1 is 0.640 bits per heavy atom. The SMILES string of the molecule is BrC(CCCOCCCC(Br)Cc1ccccc1)Cc1ccccc1. The van der Waals surface area contributed by atoms with Crippen LogP contribution in [0.1, 0.15) is 36.8 Å². The van der Waals surface area contributed by atoms with Gasteiger partial charge in [0.1, 0.15) is 0 Å². The maximum absolute atomic E-state index is 5.79. The molecule has 136 valence electrons. The highest BCUT2D eigenvalue weighted by Crippen LogP contribution is 2.16. The van der Waals surface area contributed by atoms with Gasteiger partial charge >= 0.3 is 0 Å². The Morgan fingerprint density at radius 3 is 1.44 bits per heavy atom. The topological polar surface area (TPSA) is 9.23 Å². The van der Waals surface area contributed by atoms with E-state index >= 15 is 0 Å². The molecule has 2 rings (SSSR count). The number of ether oxygens (including phenoxy) is 1. The molecule has 2 aromatic carbocycles. The molecule has 0 fully saturated rings. The van der Waals surface area contributed by atoms with Crippen LogP contribution in [0.2, 0.25) is 0 Å². The Hall–Kier alpha value is -0.640. The lowest BCUT2D eigenvalue weighted by Crippen LogP contribution is -2.07. The van der Waals surface area contributed by atoms with Gasteiger partial charge in [0.15, 0.2) is 0 Å². The number of rotatable bonds is 12. The van der Waals surface area contributed by atoms with Crippen LogP contribution in [-0.2, 0) is 17.6 Å². The minimum absolute atomic E-state index is 0.538. The molecule has 0 bridgehead atoms. The minimum atomic E-state index is 0.538. The highest BCUT2D eigenvalue weighted by atomic mass is 79.9. The van der Waals surface area contributed by atoms with Crippen molar-refractivity contribution in [3.63, 3.8) is 0 Å². The third kappa shape index (κ3) is 9.58. The van der Waals surface area contributed by atoms with E-state index in [1.807, 2.05) is 0 Å². The van der Waals surface area contributed by atoms with E-state index in [4.69, 9.17) is 4.74 Å². The van der Waals surface area contributed by atoms with Crippen molar-refractivity contribution in [3.05, 3.63) is 71.8 Å². The second-order valence-corrected chi connectivity index (χ2v) is 9.06. The van der Waals surface area contributed by atoms with Gasteiger partial charge in [-0.25, -0.2) is 0 Å². The summed E-state index contributed by atoms with van der Waals surface area (Å²) < 4.78 is 5.79. The predicted octanol–water partition coefficient (Wildman–Crippen LogP) is 6.58. The van der Waals surface area contributed by atoms with Crippen molar-refractivity contribution in [3.8, 4) is 0 Å². The molecule has 0 radical (unpaired) electrons. The van der Waals surface area contributed by atoms with E-state index in [1.165, 1.54) is 11.1 Å². The molecule has 2 unspecified atom stereocenters. The molecule has 0 saturated carbocycles. The fraction of sp³-hybridized carbons (Fsp3) is 0.455. The molecular formula is C22H28Br2O. The van der Waals surface area contributed by atoms with E-state index in [0.717, 1.165) is 51.7 Å². The Balaban J connectivity index is 1.45.